The standard InChI is InChI=1S/C20H21F3N6O2S/c21-20(22,23)19-26-25-15-10-27(5-6-28(15)19)8-11-1-2-12-9-29(18(32)13(12)7-11)14-3-4-16(30)24-17(14)31/h1-2,7,14,18,32H,3-6,8-10H2,(H,24,30,31). The van der Waals surface area contributed by atoms with E-state index in [9.17, 15) is 22.8 Å². The largest absolute Gasteiger partial charge is 0.451 e. The molecule has 2 amide bonds. The van der Waals surface area contributed by atoms with E-state index >= 15 is 0 Å². The van der Waals surface area contributed by atoms with Crippen molar-refractivity contribution >= 4 is 24.4 Å². The number of fused-ring (bicyclic) bond motifs is 2. The van der Waals surface area contributed by atoms with Crippen LogP contribution in [0.3, 0.4) is 0 Å². The van der Waals surface area contributed by atoms with E-state index in [0.717, 1.165) is 21.3 Å². The van der Waals surface area contributed by atoms with Crippen LogP contribution >= 0.6 is 12.6 Å². The first-order valence-electron chi connectivity index (χ1n) is 10.3. The molecular weight excluding hydrogens is 445 g/mol. The van der Waals surface area contributed by atoms with E-state index in [-0.39, 0.29) is 30.3 Å². The van der Waals surface area contributed by atoms with Crippen LogP contribution in [0.4, 0.5) is 13.2 Å². The SMILES string of the molecule is O=C1CCC(N2Cc3ccc(CN4CCn5c(nnc5C(F)(F)F)C4)cc3C2S)C(=O)N1. The highest BCUT2D eigenvalue weighted by molar-refractivity contribution is 7.80. The number of hydrogen-bond donors (Lipinski definition) is 2. The van der Waals surface area contributed by atoms with Crippen LogP contribution in [0.1, 0.15) is 46.6 Å². The van der Waals surface area contributed by atoms with E-state index in [1.807, 2.05) is 28.0 Å². The molecular formula is C20H21F3N6O2S. The molecule has 2 atom stereocenters. The first-order valence-corrected chi connectivity index (χ1v) is 10.8. The van der Waals surface area contributed by atoms with Crippen molar-refractivity contribution in [1.29, 1.82) is 0 Å². The summed E-state index contributed by atoms with van der Waals surface area (Å²) in [5.74, 6) is -1.18. The van der Waals surface area contributed by atoms with Crippen LogP contribution in [0, 0.1) is 0 Å². The lowest BCUT2D eigenvalue weighted by Gasteiger charge is -2.32. The van der Waals surface area contributed by atoms with Gasteiger partial charge in [0.1, 0.15) is 5.82 Å². The predicted octanol–water partition coefficient (Wildman–Crippen LogP) is 1.86. The topological polar surface area (TPSA) is 83.4 Å². The summed E-state index contributed by atoms with van der Waals surface area (Å²) in [6, 6.07) is 5.64. The highest BCUT2D eigenvalue weighted by atomic mass is 32.1. The summed E-state index contributed by atoms with van der Waals surface area (Å²) >= 11 is 4.74. The molecule has 170 valence electrons. The van der Waals surface area contributed by atoms with Gasteiger partial charge < -0.3 is 4.57 Å². The van der Waals surface area contributed by atoms with Gasteiger partial charge in [-0.3, -0.25) is 24.7 Å². The summed E-state index contributed by atoms with van der Waals surface area (Å²) in [5.41, 5.74) is 3.10. The minimum atomic E-state index is -4.51. The molecule has 2 unspecified atom stereocenters. The molecule has 1 N–H and O–H groups in total. The Morgan fingerprint density at radius 3 is 2.72 bits per heavy atom. The van der Waals surface area contributed by atoms with Crippen molar-refractivity contribution in [1.82, 2.24) is 29.9 Å². The number of imide groups is 1. The third kappa shape index (κ3) is 3.80. The van der Waals surface area contributed by atoms with E-state index in [2.05, 4.69) is 15.5 Å². The molecule has 8 nitrogen and oxygen atoms in total. The van der Waals surface area contributed by atoms with Crippen LogP contribution in [-0.4, -0.2) is 49.0 Å². The Morgan fingerprint density at radius 2 is 1.97 bits per heavy atom. The number of carbonyl (C=O) groups excluding carboxylic acids is 2. The minimum absolute atomic E-state index is 0.181. The van der Waals surface area contributed by atoms with Crippen LogP contribution in [0.2, 0.25) is 0 Å². The zero-order valence-corrected chi connectivity index (χ0v) is 17.9. The lowest BCUT2D eigenvalue weighted by atomic mass is 10.0. The van der Waals surface area contributed by atoms with Gasteiger partial charge in [-0.05, 0) is 23.1 Å². The maximum atomic E-state index is 13.0. The molecule has 0 aliphatic carbocycles. The Labute approximate surface area is 187 Å². The highest BCUT2D eigenvalue weighted by Crippen LogP contribution is 2.40. The summed E-state index contributed by atoms with van der Waals surface area (Å²) < 4.78 is 40.2. The van der Waals surface area contributed by atoms with E-state index in [4.69, 9.17) is 12.6 Å². The number of thiol groups is 1. The van der Waals surface area contributed by atoms with E-state index in [0.29, 0.717) is 38.3 Å². The van der Waals surface area contributed by atoms with Crippen molar-refractivity contribution < 1.29 is 22.8 Å². The summed E-state index contributed by atoms with van der Waals surface area (Å²) in [4.78, 5) is 27.8. The molecule has 0 spiro atoms. The van der Waals surface area contributed by atoms with Gasteiger partial charge in [-0.2, -0.15) is 25.8 Å². The van der Waals surface area contributed by atoms with E-state index < -0.39 is 18.0 Å². The molecule has 32 heavy (non-hydrogen) atoms. The zero-order chi connectivity index (χ0) is 22.6. The zero-order valence-electron chi connectivity index (χ0n) is 17.0. The van der Waals surface area contributed by atoms with Crippen molar-refractivity contribution in [2.45, 2.75) is 56.6 Å². The second-order valence-electron chi connectivity index (χ2n) is 8.35. The van der Waals surface area contributed by atoms with Gasteiger partial charge in [-0.1, -0.05) is 18.2 Å². The molecule has 3 aliphatic heterocycles. The Hall–Kier alpha value is -2.44. The number of aromatic nitrogens is 3. The number of nitrogens with one attached hydrogen (secondary N) is 1. The quantitative estimate of drug-likeness (QED) is 0.531. The van der Waals surface area contributed by atoms with Gasteiger partial charge in [-0.25, -0.2) is 0 Å². The second-order valence-corrected chi connectivity index (χ2v) is 8.84. The van der Waals surface area contributed by atoms with Crippen molar-refractivity contribution in [3.8, 4) is 0 Å². The lowest BCUT2D eigenvalue weighted by Crippen LogP contribution is -2.51. The van der Waals surface area contributed by atoms with Crippen LogP contribution in [-0.2, 0) is 41.9 Å². The number of rotatable bonds is 3. The minimum Gasteiger partial charge on any atom is -0.305 e. The molecule has 1 aromatic carbocycles. The summed E-state index contributed by atoms with van der Waals surface area (Å²) in [7, 11) is 0. The molecule has 0 bridgehead atoms. The average Bonchev–Trinajstić information content (AvgIpc) is 3.29. The number of hydrogen-bond acceptors (Lipinski definition) is 7. The van der Waals surface area contributed by atoms with Gasteiger partial charge >= 0.3 is 6.18 Å². The summed E-state index contributed by atoms with van der Waals surface area (Å²) in [5, 5.41) is 9.18. The Bertz CT molecular complexity index is 1090. The Morgan fingerprint density at radius 1 is 1.16 bits per heavy atom. The van der Waals surface area contributed by atoms with Crippen LogP contribution in [0.15, 0.2) is 18.2 Å². The molecule has 4 heterocycles. The fourth-order valence-corrected chi connectivity index (χ4v) is 5.16. The normalized spacial score (nSPS) is 24.4. The van der Waals surface area contributed by atoms with E-state index in [1.54, 1.807) is 0 Å². The van der Waals surface area contributed by atoms with Gasteiger partial charge in [0.15, 0.2) is 0 Å². The molecule has 5 rings (SSSR count). The molecule has 1 fully saturated rings. The molecule has 12 heteroatoms. The first kappa shape index (κ1) is 21.4. The highest BCUT2D eigenvalue weighted by Gasteiger charge is 2.40. The molecule has 0 radical (unpaired) electrons. The maximum Gasteiger partial charge on any atom is 0.451 e. The fraction of sp³-hybridized carbons (Fsp3) is 0.500. The average molecular weight is 466 g/mol. The Balaban J connectivity index is 1.28. The molecule has 1 saturated heterocycles. The molecule has 1 aromatic heterocycles. The van der Waals surface area contributed by atoms with Crippen LogP contribution in [0.25, 0.3) is 0 Å². The van der Waals surface area contributed by atoms with Crippen molar-refractivity contribution in [3.63, 3.8) is 0 Å². The number of piperidine rings is 1. The molecule has 2 aromatic rings. The number of benzene rings is 1. The predicted molar refractivity (Wildman–Crippen MR) is 109 cm³/mol. The van der Waals surface area contributed by atoms with Gasteiger partial charge in [0, 0.05) is 32.6 Å². The van der Waals surface area contributed by atoms with Gasteiger partial charge in [0.05, 0.1) is 18.0 Å². The smallest absolute Gasteiger partial charge is 0.305 e. The van der Waals surface area contributed by atoms with E-state index in [1.165, 1.54) is 0 Å². The van der Waals surface area contributed by atoms with Crippen molar-refractivity contribution in [3.05, 3.63) is 46.5 Å². The van der Waals surface area contributed by atoms with Crippen molar-refractivity contribution in [2.75, 3.05) is 6.54 Å². The van der Waals surface area contributed by atoms with Crippen LogP contribution < -0.4 is 5.32 Å². The van der Waals surface area contributed by atoms with Crippen LogP contribution in [0.5, 0.6) is 0 Å². The third-order valence-electron chi connectivity index (χ3n) is 6.26. The number of carbonyl (C=O) groups is 2. The number of halogens is 3. The fourth-order valence-electron chi connectivity index (χ4n) is 4.68. The van der Waals surface area contributed by atoms with Gasteiger partial charge in [0.25, 0.3) is 0 Å². The Kier molecular flexibility index (Phi) is 5.25. The van der Waals surface area contributed by atoms with Gasteiger partial charge in [0.2, 0.25) is 17.6 Å². The monoisotopic (exact) mass is 466 g/mol. The molecule has 0 saturated carbocycles. The molecule has 3 aliphatic rings. The maximum absolute atomic E-state index is 13.0. The third-order valence-corrected chi connectivity index (χ3v) is 6.83. The van der Waals surface area contributed by atoms with Gasteiger partial charge in [-0.15, -0.1) is 10.2 Å². The summed E-state index contributed by atoms with van der Waals surface area (Å²) in [6.07, 6.45) is -3.73. The van der Waals surface area contributed by atoms with Crippen molar-refractivity contribution in [2.24, 2.45) is 0 Å². The number of amides is 2. The lowest BCUT2D eigenvalue weighted by molar-refractivity contribution is -0.148. The summed E-state index contributed by atoms with van der Waals surface area (Å²) in [6.45, 7) is 2.05. The number of alkyl halides is 3. The second kappa shape index (κ2) is 7.85. The first-order chi connectivity index (χ1) is 15.2. The number of nitrogens with zero attached hydrogens (tertiary/aromatic N) is 5.